The van der Waals surface area contributed by atoms with Crippen molar-refractivity contribution in [3.8, 4) is 0 Å². The van der Waals surface area contributed by atoms with E-state index in [1.807, 2.05) is 6.07 Å². The molecule has 102 valence electrons. The van der Waals surface area contributed by atoms with Gasteiger partial charge in [0.1, 0.15) is 0 Å². The maximum atomic E-state index is 11.8. The Kier molecular flexibility index (Phi) is 5.02. The first-order valence-corrected chi connectivity index (χ1v) is 7.72. The molecule has 0 spiro atoms. The van der Waals surface area contributed by atoms with Gasteiger partial charge >= 0.3 is 0 Å². The molecule has 2 rings (SSSR count). The monoisotopic (exact) mass is 277 g/mol. The van der Waals surface area contributed by atoms with E-state index in [9.17, 15) is 9.59 Å². The predicted molar refractivity (Wildman–Crippen MR) is 79.8 cm³/mol. The number of carbonyl (C=O) groups excluding carboxylic acids is 2. The average molecular weight is 277 g/mol. The van der Waals surface area contributed by atoms with Crippen LogP contribution in [0.15, 0.2) is 24.3 Å². The quantitative estimate of drug-likeness (QED) is 0.838. The number of Topliss-reactive ketones (excluding diaryl/α,β-unsaturated/α-hetero) is 1. The summed E-state index contributed by atoms with van der Waals surface area (Å²) in [7, 11) is 0. The van der Waals surface area contributed by atoms with Crippen LogP contribution in [0.3, 0.4) is 0 Å². The van der Waals surface area contributed by atoms with E-state index in [4.69, 9.17) is 0 Å². The normalized spacial score (nSPS) is 15.4. The molecular formula is C15H19NO2S. The Morgan fingerprint density at radius 3 is 2.74 bits per heavy atom. The third kappa shape index (κ3) is 4.39. The molecule has 1 aliphatic carbocycles. The van der Waals surface area contributed by atoms with Crippen molar-refractivity contribution in [3.05, 3.63) is 29.8 Å². The smallest absolute Gasteiger partial charge is 0.234 e. The van der Waals surface area contributed by atoms with Crippen LogP contribution in [0.1, 0.15) is 43.0 Å². The van der Waals surface area contributed by atoms with Gasteiger partial charge in [-0.15, -0.1) is 11.8 Å². The highest BCUT2D eigenvalue weighted by Gasteiger charge is 2.16. The molecule has 1 N–H and O–H groups in total. The Bertz CT molecular complexity index is 467. The average Bonchev–Trinajstić information content (AvgIpc) is 2.90. The number of amides is 1. The summed E-state index contributed by atoms with van der Waals surface area (Å²) >= 11 is 1.74. The lowest BCUT2D eigenvalue weighted by Gasteiger charge is -2.09. The number of anilines is 1. The van der Waals surface area contributed by atoms with E-state index < -0.39 is 0 Å². The van der Waals surface area contributed by atoms with Gasteiger partial charge < -0.3 is 5.32 Å². The van der Waals surface area contributed by atoms with Gasteiger partial charge in [0.05, 0.1) is 5.75 Å². The molecule has 1 aromatic rings. The Hall–Kier alpha value is -1.29. The summed E-state index contributed by atoms with van der Waals surface area (Å²) < 4.78 is 0. The van der Waals surface area contributed by atoms with Gasteiger partial charge in [0, 0.05) is 16.5 Å². The summed E-state index contributed by atoms with van der Waals surface area (Å²) in [5, 5.41) is 3.50. The fourth-order valence-electron chi connectivity index (χ4n) is 2.26. The molecule has 0 atom stereocenters. The Morgan fingerprint density at radius 1 is 1.32 bits per heavy atom. The van der Waals surface area contributed by atoms with Crippen LogP contribution >= 0.6 is 11.8 Å². The van der Waals surface area contributed by atoms with Crippen molar-refractivity contribution in [2.45, 2.75) is 37.9 Å². The highest BCUT2D eigenvalue weighted by Crippen LogP contribution is 2.29. The van der Waals surface area contributed by atoms with Crippen LogP contribution in [0, 0.1) is 0 Å². The first-order chi connectivity index (χ1) is 9.15. The molecule has 1 aliphatic rings. The van der Waals surface area contributed by atoms with E-state index in [1.165, 1.54) is 32.6 Å². The number of benzene rings is 1. The third-order valence-corrected chi connectivity index (χ3v) is 4.68. The lowest BCUT2D eigenvalue weighted by molar-refractivity contribution is -0.113. The largest absolute Gasteiger partial charge is 0.325 e. The molecule has 0 saturated heterocycles. The van der Waals surface area contributed by atoms with Crippen molar-refractivity contribution in [1.29, 1.82) is 0 Å². The summed E-state index contributed by atoms with van der Waals surface area (Å²) in [5.41, 5.74) is 1.32. The maximum absolute atomic E-state index is 11.8. The van der Waals surface area contributed by atoms with Crippen molar-refractivity contribution in [1.82, 2.24) is 0 Å². The molecule has 19 heavy (non-hydrogen) atoms. The SMILES string of the molecule is CC(=O)c1cccc(NC(=O)CSC2CCCC2)c1. The van der Waals surface area contributed by atoms with Gasteiger partial charge in [-0.25, -0.2) is 0 Å². The Morgan fingerprint density at radius 2 is 2.05 bits per heavy atom. The number of hydrogen-bond donors (Lipinski definition) is 1. The number of nitrogens with one attached hydrogen (secondary N) is 1. The second kappa shape index (κ2) is 6.75. The first-order valence-electron chi connectivity index (χ1n) is 6.67. The Balaban J connectivity index is 1.84. The van der Waals surface area contributed by atoms with Gasteiger partial charge in [-0.1, -0.05) is 25.0 Å². The molecule has 0 radical (unpaired) electrons. The molecule has 1 saturated carbocycles. The van der Waals surface area contributed by atoms with Crippen molar-refractivity contribution >= 4 is 29.1 Å². The molecule has 3 nitrogen and oxygen atoms in total. The standard InChI is InChI=1S/C15H19NO2S/c1-11(17)12-5-4-6-13(9-12)16-15(18)10-19-14-7-2-3-8-14/h4-6,9,14H,2-3,7-8,10H2,1H3,(H,16,18). The maximum Gasteiger partial charge on any atom is 0.234 e. The van der Waals surface area contributed by atoms with Gasteiger partial charge in [0.15, 0.2) is 5.78 Å². The van der Waals surface area contributed by atoms with Gasteiger partial charge in [-0.2, -0.15) is 0 Å². The van der Waals surface area contributed by atoms with E-state index in [0.29, 0.717) is 22.3 Å². The molecule has 4 heteroatoms. The zero-order valence-electron chi connectivity index (χ0n) is 11.1. The van der Waals surface area contributed by atoms with E-state index in [0.717, 1.165) is 0 Å². The molecule has 0 unspecified atom stereocenters. The lowest BCUT2D eigenvalue weighted by atomic mass is 10.1. The zero-order chi connectivity index (χ0) is 13.7. The molecular weight excluding hydrogens is 258 g/mol. The topological polar surface area (TPSA) is 46.2 Å². The molecule has 1 amide bonds. The minimum atomic E-state index is 0.0106. The van der Waals surface area contributed by atoms with Crippen LogP contribution in [0.4, 0.5) is 5.69 Å². The van der Waals surface area contributed by atoms with Gasteiger partial charge in [-0.3, -0.25) is 9.59 Å². The molecule has 0 bridgehead atoms. The highest BCUT2D eigenvalue weighted by atomic mass is 32.2. The molecule has 0 aliphatic heterocycles. The fraction of sp³-hybridized carbons (Fsp3) is 0.467. The number of carbonyl (C=O) groups is 2. The van der Waals surface area contributed by atoms with Crippen molar-refractivity contribution in [2.75, 3.05) is 11.1 Å². The van der Waals surface area contributed by atoms with Crippen molar-refractivity contribution < 1.29 is 9.59 Å². The van der Waals surface area contributed by atoms with Crippen LogP contribution in [-0.2, 0) is 4.79 Å². The number of hydrogen-bond acceptors (Lipinski definition) is 3. The zero-order valence-corrected chi connectivity index (χ0v) is 12.0. The number of rotatable bonds is 5. The minimum Gasteiger partial charge on any atom is -0.325 e. The number of ketones is 1. The van der Waals surface area contributed by atoms with Crippen molar-refractivity contribution in [3.63, 3.8) is 0 Å². The van der Waals surface area contributed by atoms with E-state index in [-0.39, 0.29) is 11.7 Å². The van der Waals surface area contributed by atoms with Crippen LogP contribution in [0.25, 0.3) is 0 Å². The van der Waals surface area contributed by atoms with Gasteiger partial charge in [0.2, 0.25) is 5.91 Å². The first kappa shape index (κ1) is 14.1. The predicted octanol–water partition coefficient (Wildman–Crippen LogP) is 3.50. The van der Waals surface area contributed by atoms with Crippen LogP contribution in [0.2, 0.25) is 0 Å². The van der Waals surface area contributed by atoms with Crippen LogP contribution in [0.5, 0.6) is 0 Å². The van der Waals surface area contributed by atoms with E-state index in [1.54, 1.807) is 30.0 Å². The third-order valence-electron chi connectivity index (χ3n) is 3.31. The van der Waals surface area contributed by atoms with E-state index >= 15 is 0 Å². The minimum absolute atomic E-state index is 0.0106. The second-order valence-corrected chi connectivity index (χ2v) is 6.19. The molecule has 0 heterocycles. The summed E-state index contributed by atoms with van der Waals surface area (Å²) in [5.74, 6) is 0.517. The second-order valence-electron chi connectivity index (χ2n) is 4.90. The highest BCUT2D eigenvalue weighted by molar-refractivity contribution is 8.00. The van der Waals surface area contributed by atoms with Crippen LogP contribution < -0.4 is 5.32 Å². The summed E-state index contributed by atoms with van der Waals surface area (Å²) in [6.07, 6.45) is 5.05. The number of thioether (sulfide) groups is 1. The summed E-state index contributed by atoms with van der Waals surface area (Å²) in [6, 6.07) is 7.08. The van der Waals surface area contributed by atoms with Crippen LogP contribution in [-0.4, -0.2) is 22.7 Å². The summed E-state index contributed by atoms with van der Waals surface area (Å²) in [4.78, 5) is 23.1. The Labute approximate surface area is 118 Å². The molecule has 1 aromatic carbocycles. The molecule has 0 aromatic heterocycles. The fourth-order valence-corrected chi connectivity index (χ4v) is 3.39. The van der Waals surface area contributed by atoms with Gasteiger partial charge in [-0.05, 0) is 31.9 Å². The van der Waals surface area contributed by atoms with Gasteiger partial charge in [0.25, 0.3) is 0 Å². The van der Waals surface area contributed by atoms with E-state index in [2.05, 4.69) is 5.32 Å². The molecule has 1 fully saturated rings. The summed E-state index contributed by atoms with van der Waals surface area (Å²) in [6.45, 7) is 1.52. The van der Waals surface area contributed by atoms with Crippen molar-refractivity contribution in [2.24, 2.45) is 0 Å². The lowest BCUT2D eigenvalue weighted by Crippen LogP contribution is -2.16.